The summed E-state index contributed by atoms with van der Waals surface area (Å²) in [4.78, 5) is 0. The zero-order chi connectivity index (χ0) is 0. The van der Waals surface area contributed by atoms with Gasteiger partial charge in [0.15, 0.2) is 0 Å². The summed E-state index contributed by atoms with van der Waals surface area (Å²) >= 11 is 0. The Hall–Kier alpha value is 5.92. The predicted molar refractivity (Wildman–Crippen MR) is 34.1 cm³/mol. The van der Waals surface area contributed by atoms with Crippen LogP contribution in [-0.4, -0.2) is 122 Å². The predicted octanol–water partition coefficient (Wildman–Crippen LogP) is -1.47. The van der Waals surface area contributed by atoms with Crippen LogP contribution in [-0.2, 0) is 50.6 Å². The second kappa shape index (κ2) is 52.4. The van der Waals surface area contributed by atoms with E-state index in [1.807, 2.05) is 0 Å². The van der Waals surface area contributed by atoms with Gasteiger partial charge >= 0.3 is 74.4 Å². The van der Waals surface area contributed by atoms with Crippen LogP contribution in [0.5, 0.6) is 0 Å². The normalized spacial score (nSPS) is 0. The van der Waals surface area contributed by atoms with Crippen LogP contribution in [0.1, 0.15) is 0 Å². The van der Waals surface area contributed by atoms with E-state index in [4.69, 9.17) is 0 Å². The van der Waals surface area contributed by atoms with E-state index in [0.717, 1.165) is 0 Å². The molecule has 0 rings (SSSR count). The molecule has 0 amide bonds. The molecular formula is H3FeGaKMgMnNiPPb. The Kier molecular flexibility index (Phi) is 434. The summed E-state index contributed by atoms with van der Waals surface area (Å²) in [7, 11) is 0. The molecule has 0 aromatic carbocycles. The van der Waals surface area contributed by atoms with Crippen molar-refractivity contribution in [2.75, 3.05) is 0 Å². The SMILES string of the molecule is [Fe].[Ga].[KH].[MgH2].[Mn].[Ni].[P].[Pb]. The maximum Gasteiger partial charge on any atom is 0.316 e. The van der Waals surface area contributed by atoms with Gasteiger partial charge in [0.1, 0.15) is 0 Å². The van der Waals surface area contributed by atoms with Crippen LogP contribution in [0, 0.1) is 0 Å². The third-order valence-corrected chi connectivity index (χ3v) is 0. The quantitative estimate of drug-likeness (QED) is 0.259. The molecule has 0 saturated heterocycles. The molecule has 0 spiro atoms. The zero-order valence-corrected chi connectivity index (χ0v) is 13.0. The summed E-state index contributed by atoms with van der Waals surface area (Å²) < 4.78 is 0. The van der Waals surface area contributed by atoms with Crippen molar-refractivity contribution in [3.63, 3.8) is 0 Å². The minimum Gasteiger partial charge on any atom is 0 e. The van der Waals surface area contributed by atoms with Crippen molar-refractivity contribution in [2.24, 2.45) is 0 Å². The first-order valence-corrected chi connectivity index (χ1v) is 0. The van der Waals surface area contributed by atoms with Crippen molar-refractivity contribution >= 4 is 131 Å². The molecule has 43 valence electrons. The largest absolute Gasteiger partial charge is 0.316 e. The van der Waals surface area contributed by atoms with E-state index >= 15 is 0 Å². The molecule has 0 aromatic heterocycles. The number of rotatable bonds is 0. The van der Waals surface area contributed by atoms with Gasteiger partial charge in [-0.2, -0.15) is 0 Å². The van der Waals surface area contributed by atoms with Gasteiger partial charge in [-0.25, -0.2) is 0 Å². The zero-order valence-electron chi connectivity index (χ0n) is 2.57. The van der Waals surface area contributed by atoms with Gasteiger partial charge in [-0.3, -0.25) is 0 Å². The molecule has 0 aliphatic heterocycles. The molecule has 0 unspecified atom stereocenters. The fourth-order valence-corrected chi connectivity index (χ4v) is 0. The first kappa shape index (κ1) is 66.3. The summed E-state index contributed by atoms with van der Waals surface area (Å²) in [5.41, 5.74) is 0. The summed E-state index contributed by atoms with van der Waals surface area (Å²) in [6, 6.07) is 0. The molecule has 0 aliphatic carbocycles. The van der Waals surface area contributed by atoms with E-state index in [-0.39, 0.29) is 182 Å². The van der Waals surface area contributed by atoms with Crippen LogP contribution in [0.3, 0.4) is 0 Å². The van der Waals surface area contributed by atoms with Crippen molar-refractivity contribution in [3.8, 4) is 0 Å². The van der Waals surface area contributed by atoms with Gasteiger partial charge in [-0.1, -0.05) is 0 Å². The van der Waals surface area contributed by atoms with Crippen molar-refractivity contribution < 1.29 is 50.6 Å². The fraction of sp³-hybridized carbons (Fsp3) is 0. The van der Waals surface area contributed by atoms with Crippen LogP contribution in [0.25, 0.3) is 0 Å². The monoisotopic (exact) mass is 543 g/mol. The first-order valence-electron chi connectivity index (χ1n) is 0. The summed E-state index contributed by atoms with van der Waals surface area (Å²) in [5, 5.41) is 0. The third kappa shape index (κ3) is 40.5. The molecule has 11 radical (unpaired) electrons. The molecular weight excluding hydrogens is 541 g/mol. The average molecular weight is 544 g/mol. The van der Waals surface area contributed by atoms with Crippen molar-refractivity contribution in [2.45, 2.75) is 0 Å². The molecule has 0 N–H and O–H groups in total. The van der Waals surface area contributed by atoms with Crippen LogP contribution < -0.4 is 0 Å². The topological polar surface area (TPSA) is 0 Å². The van der Waals surface area contributed by atoms with Gasteiger partial charge in [0, 0.05) is 108 Å². The molecule has 0 bridgehead atoms. The molecule has 8 heavy (non-hydrogen) atoms. The minimum atomic E-state index is 0. The van der Waals surface area contributed by atoms with Gasteiger partial charge in [-0.15, -0.1) is 0 Å². The third-order valence-electron chi connectivity index (χ3n) is 0. The van der Waals surface area contributed by atoms with Crippen LogP contribution >= 0.6 is 9.90 Å². The van der Waals surface area contributed by atoms with Gasteiger partial charge in [0.05, 0.1) is 0 Å². The number of hydrogen-bond acceptors (Lipinski definition) is 0. The van der Waals surface area contributed by atoms with Crippen molar-refractivity contribution in [3.05, 3.63) is 0 Å². The van der Waals surface area contributed by atoms with Gasteiger partial charge in [0.2, 0.25) is 0 Å². The summed E-state index contributed by atoms with van der Waals surface area (Å²) in [6.07, 6.45) is 0. The van der Waals surface area contributed by atoms with Gasteiger partial charge in [-0.05, 0) is 0 Å². The molecule has 0 atom stereocenters. The molecule has 0 nitrogen and oxygen atoms in total. The molecule has 0 aromatic rings. The van der Waals surface area contributed by atoms with Crippen LogP contribution in [0.4, 0.5) is 0 Å². The Morgan fingerprint density at radius 3 is 1.00 bits per heavy atom. The van der Waals surface area contributed by atoms with Crippen molar-refractivity contribution in [1.82, 2.24) is 0 Å². The first-order chi connectivity index (χ1) is 0. The minimum absolute atomic E-state index is 0. The molecule has 0 heterocycles. The standard InChI is InChI=1S/Fe.Ga.K.Mg.Mn.Ni.P.Pb.3H. The Labute approximate surface area is 177 Å². The van der Waals surface area contributed by atoms with E-state index in [1.165, 1.54) is 0 Å². The van der Waals surface area contributed by atoms with E-state index in [9.17, 15) is 0 Å². The van der Waals surface area contributed by atoms with Crippen molar-refractivity contribution in [1.29, 1.82) is 0 Å². The maximum atomic E-state index is 0. The average Bonchev–Trinajstić information content (AvgIpc) is 0. The van der Waals surface area contributed by atoms with E-state index in [2.05, 4.69) is 0 Å². The van der Waals surface area contributed by atoms with Gasteiger partial charge in [0.25, 0.3) is 0 Å². The van der Waals surface area contributed by atoms with E-state index in [0.29, 0.717) is 0 Å². The van der Waals surface area contributed by atoms with Crippen LogP contribution in [0.15, 0.2) is 0 Å². The summed E-state index contributed by atoms with van der Waals surface area (Å²) in [5.74, 6) is 0. The van der Waals surface area contributed by atoms with Crippen LogP contribution in [0.2, 0.25) is 0 Å². The summed E-state index contributed by atoms with van der Waals surface area (Å²) in [6.45, 7) is 0. The Bertz CT molecular complexity index is 24.0. The molecule has 8 heteroatoms. The Morgan fingerprint density at radius 1 is 1.00 bits per heavy atom. The maximum absolute atomic E-state index is 0. The smallest absolute Gasteiger partial charge is 0 e. The molecule has 0 saturated carbocycles. The van der Waals surface area contributed by atoms with E-state index < -0.39 is 0 Å². The number of hydrogen-bond donors (Lipinski definition) is 0. The second-order valence-corrected chi connectivity index (χ2v) is 0. The van der Waals surface area contributed by atoms with E-state index in [1.54, 1.807) is 0 Å². The molecule has 0 aliphatic rings. The Morgan fingerprint density at radius 2 is 1.00 bits per heavy atom. The molecule has 0 fully saturated rings. The fourth-order valence-electron chi connectivity index (χ4n) is 0. The van der Waals surface area contributed by atoms with Gasteiger partial charge < -0.3 is 0 Å². The second-order valence-electron chi connectivity index (χ2n) is 0. The Balaban J connectivity index is 0.